The Balaban J connectivity index is 3.27. The molecule has 0 aromatic heterocycles. The molecule has 1 aromatic carbocycles. The molecular formula is C12H15NO5S. The van der Waals surface area contributed by atoms with E-state index in [1.165, 1.54) is 25.3 Å². The van der Waals surface area contributed by atoms with Crippen LogP contribution in [0.15, 0.2) is 35.7 Å². The fourth-order valence-electron chi connectivity index (χ4n) is 1.38. The van der Waals surface area contributed by atoms with Gasteiger partial charge in [-0.2, -0.15) is 0 Å². The van der Waals surface area contributed by atoms with E-state index >= 15 is 0 Å². The smallest absolute Gasteiger partial charge is 0.335 e. The van der Waals surface area contributed by atoms with E-state index in [1.54, 1.807) is 6.92 Å². The van der Waals surface area contributed by atoms with Gasteiger partial charge in [-0.05, 0) is 25.1 Å². The number of hydrogen-bond donors (Lipinski definition) is 2. The minimum absolute atomic E-state index is 0.0244. The summed E-state index contributed by atoms with van der Waals surface area (Å²) in [7, 11) is -2.52. The van der Waals surface area contributed by atoms with Crippen molar-refractivity contribution in [3.63, 3.8) is 0 Å². The zero-order chi connectivity index (χ0) is 14.6. The number of carbonyl (C=O) groups is 1. The molecule has 1 aromatic rings. The van der Waals surface area contributed by atoms with Crippen molar-refractivity contribution in [2.24, 2.45) is 0 Å². The van der Waals surface area contributed by atoms with Crippen LogP contribution in [-0.2, 0) is 10.0 Å². The molecule has 6 nitrogen and oxygen atoms in total. The third-order valence-electron chi connectivity index (χ3n) is 2.39. The Labute approximate surface area is 111 Å². The van der Waals surface area contributed by atoms with Gasteiger partial charge in [0, 0.05) is 6.04 Å². The Morgan fingerprint density at radius 3 is 2.63 bits per heavy atom. The molecule has 0 aliphatic rings. The average Bonchev–Trinajstić information content (AvgIpc) is 2.37. The standard InChI is InChI=1S/C12H15NO5S/c1-4-8(2)13-19(16,17)11-6-5-9(12(14)15)7-10(11)18-3/h4-8,13H,1H2,2-3H3,(H,14,15). The second-order valence-electron chi connectivity index (χ2n) is 3.82. The monoisotopic (exact) mass is 285 g/mol. The van der Waals surface area contributed by atoms with E-state index in [4.69, 9.17) is 9.84 Å². The van der Waals surface area contributed by atoms with Crippen LogP contribution in [0.3, 0.4) is 0 Å². The first-order valence-corrected chi connectivity index (χ1v) is 6.86. The summed E-state index contributed by atoms with van der Waals surface area (Å²) in [6.07, 6.45) is 1.44. The summed E-state index contributed by atoms with van der Waals surface area (Å²) in [5.74, 6) is -1.18. The van der Waals surface area contributed by atoms with Gasteiger partial charge in [-0.15, -0.1) is 6.58 Å². The number of methoxy groups -OCH3 is 1. The summed E-state index contributed by atoms with van der Waals surface area (Å²) in [5.41, 5.74) is -0.0485. The van der Waals surface area contributed by atoms with Crippen LogP contribution in [0.25, 0.3) is 0 Å². The molecule has 0 bridgehead atoms. The molecule has 104 valence electrons. The minimum atomic E-state index is -3.80. The van der Waals surface area contributed by atoms with Crippen molar-refractivity contribution in [2.75, 3.05) is 7.11 Å². The van der Waals surface area contributed by atoms with Gasteiger partial charge >= 0.3 is 5.97 Å². The van der Waals surface area contributed by atoms with Crippen molar-refractivity contribution in [3.05, 3.63) is 36.4 Å². The van der Waals surface area contributed by atoms with E-state index in [9.17, 15) is 13.2 Å². The third-order valence-corrected chi connectivity index (χ3v) is 3.99. The first kappa shape index (κ1) is 15.2. The maximum absolute atomic E-state index is 12.1. The minimum Gasteiger partial charge on any atom is -0.495 e. The quantitative estimate of drug-likeness (QED) is 0.767. The molecule has 1 unspecified atom stereocenters. The van der Waals surface area contributed by atoms with Crippen molar-refractivity contribution in [1.29, 1.82) is 0 Å². The van der Waals surface area contributed by atoms with Crippen molar-refractivity contribution < 1.29 is 23.1 Å². The lowest BCUT2D eigenvalue weighted by molar-refractivity contribution is 0.0696. The highest BCUT2D eigenvalue weighted by Gasteiger charge is 2.22. The lowest BCUT2D eigenvalue weighted by Crippen LogP contribution is -2.31. The van der Waals surface area contributed by atoms with Crippen LogP contribution in [0.4, 0.5) is 0 Å². The van der Waals surface area contributed by atoms with E-state index in [2.05, 4.69) is 11.3 Å². The lowest BCUT2D eigenvalue weighted by Gasteiger charge is -2.13. The molecule has 0 aliphatic carbocycles. The number of carboxylic acid groups (broad SMARTS) is 1. The number of carboxylic acids is 1. The van der Waals surface area contributed by atoms with Crippen LogP contribution in [0.5, 0.6) is 5.75 Å². The Bertz CT molecular complexity index is 594. The highest BCUT2D eigenvalue weighted by molar-refractivity contribution is 7.89. The highest BCUT2D eigenvalue weighted by atomic mass is 32.2. The molecule has 0 saturated heterocycles. The van der Waals surface area contributed by atoms with E-state index in [-0.39, 0.29) is 16.2 Å². The van der Waals surface area contributed by atoms with Gasteiger partial charge in [0.05, 0.1) is 12.7 Å². The molecule has 1 atom stereocenters. The Morgan fingerprint density at radius 1 is 1.53 bits per heavy atom. The molecule has 0 radical (unpaired) electrons. The second kappa shape index (κ2) is 5.85. The fourth-order valence-corrected chi connectivity index (χ4v) is 2.75. The van der Waals surface area contributed by atoms with Gasteiger partial charge in [0.15, 0.2) is 0 Å². The Morgan fingerprint density at radius 2 is 2.16 bits per heavy atom. The van der Waals surface area contributed by atoms with Gasteiger partial charge in [-0.25, -0.2) is 17.9 Å². The zero-order valence-electron chi connectivity index (χ0n) is 10.6. The highest BCUT2D eigenvalue weighted by Crippen LogP contribution is 2.25. The predicted octanol–water partition coefficient (Wildman–Crippen LogP) is 1.25. The van der Waals surface area contributed by atoms with E-state index in [0.29, 0.717) is 0 Å². The van der Waals surface area contributed by atoms with Crippen LogP contribution in [0.2, 0.25) is 0 Å². The predicted molar refractivity (Wildman–Crippen MR) is 69.9 cm³/mol. The van der Waals surface area contributed by atoms with Crippen molar-refractivity contribution in [3.8, 4) is 5.75 Å². The molecule has 0 heterocycles. The Hall–Kier alpha value is -1.86. The van der Waals surface area contributed by atoms with Crippen molar-refractivity contribution in [1.82, 2.24) is 4.72 Å². The largest absolute Gasteiger partial charge is 0.495 e. The molecule has 0 fully saturated rings. The van der Waals surface area contributed by atoms with Gasteiger partial charge in [0.2, 0.25) is 10.0 Å². The van der Waals surface area contributed by atoms with Crippen molar-refractivity contribution in [2.45, 2.75) is 17.9 Å². The maximum atomic E-state index is 12.1. The number of benzene rings is 1. The Kier molecular flexibility index (Phi) is 4.68. The number of aromatic carboxylic acids is 1. The summed E-state index contributed by atoms with van der Waals surface area (Å²) in [6.45, 7) is 5.11. The van der Waals surface area contributed by atoms with Crippen LogP contribution in [-0.4, -0.2) is 32.6 Å². The number of ether oxygens (including phenoxy) is 1. The van der Waals surface area contributed by atoms with E-state index in [1.807, 2.05) is 0 Å². The van der Waals surface area contributed by atoms with E-state index < -0.39 is 22.0 Å². The number of hydrogen-bond acceptors (Lipinski definition) is 4. The molecule has 2 N–H and O–H groups in total. The second-order valence-corrected chi connectivity index (χ2v) is 5.50. The maximum Gasteiger partial charge on any atom is 0.335 e. The van der Waals surface area contributed by atoms with Crippen LogP contribution >= 0.6 is 0 Å². The van der Waals surface area contributed by atoms with Crippen LogP contribution < -0.4 is 9.46 Å². The molecule has 0 saturated carbocycles. The number of nitrogens with one attached hydrogen (secondary N) is 1. The van der Waals surface area contributed by atoms with Gasteiger partial charge in [-0.1, -0.05) is 6.08 Å². The molecule has 0 spiro atoms. The molecule has 19 heavy (non-hydrogen) atoms. The van der Waals surface area contributed by atoms with Crippen molar-refractivity contribution >= 4 is 16.0 Å². The van der Waals surface area contributed by atoms with Crippen LogP contribution in [0.1, 0.15) is 17.3 Å². The number of sulfonamides is 1. The molecule has 0 amide bonds. The van der Waals surface area contributed by atoms with Gasteiger partial charge in [0.1, 0.15) is 10.6 Å². The molecule has 7 heteroatoms. The molecule has 1 rings (SSSR count). The molecule has 0 aliphatic heterocycles. The first-order valence-electron chi connectivity index (χ1n) is 5.38. The van der Waals surface area contributed by atoms with Crippen LogP contribution in [0, 0.1) is 0 Å². The van der Waals surface area contributed by atoms with E-state index in [0.717, 1.165) is 6.07 Å². The topological polar surface area (TPSA) is 92.7 Å². The summed E-state index contributed by atoms with van der Waals surface area (Å²) >= 11 is 0. The summed E-state index contributed by atoms with van der Waals surface area (Å²) in [5, 5.41) is 8.85. The molecular weight excluding hydrogens is 270 g/mol. The summed E-state index contributed by atoms with van der Waals surface area (Å²) in [6, 6.07) is 3.11. The van der Waals surface area contributed by atoms with Gasteiger partial charge < -0.3 is 9.84 Å². The lowest BCUT2D eigenvalue weighted by atomic mass is 10.2. The fraction of sp³-hybridized carbons (Fsp3) is 0.250. The average molecular weight is 285 g/mol. The third kappa shape index (κ3) is 3.55. The van der Waals surface area contributed by atoms with Gasteiger partial charge in [0.25, 0.3) is 0 Å². The summed E-state index contributed by atoms with van der Waals surface area (Å²) < 4.78 is 31.5. The summed E-state index contributed by atoms with van der Waals surface area (Å²) in [4.78, 5) is 10.7. The normalized spacial score (nSPS) is 12.7. The SMILES string of the molecule is C=CC(C)NS(=O)(=O)c1ccc(C(=O)O)cc1OC. The zero-order valence-corrected chi connectivity index (χ0v) is 11.4. The number of rotatable bonds is 6. The van der Waals surface area contributed by atoms with Gasteiger partial charge in [-0.3, -0.25) is 0 Å². The first-order chi connectivity index (χ1) is 8.81.